The van der Waals surface area contributed by atoms with Gasteiger partial charge in [0.1, 0.15) is 0 Å². The molecule has 5 heteroatoms. The van der Waals surface area contributed by atoms with E-state index in [9.17, 15) is 8.42 Å². The standard InChI is InChI=1S/C14H24N2O2S/c1-12-7-8-13(2)14(11-12)19(17,18)15-9-5-6-10-16(3)4/h7-8,11,15H,5-6,9-10H2,1-4H3. The van der Waals surface area contributed by atoms with Crippen molar-refractivity contribution in [3.63, 3.8) is 0 Å². The first kappa shape index (κ1) is 16.1. The van der Waals surface area contributed by atoms with Crippen LogP contribution in [0.3, 0.4) is 0 Å². The molecule has 0 radical (unpaired) electrons. The van der Waals surface area contributed by atoms with Gasteiger partial charge in [-0.15, -0.1) is 0 Å². The molecule has 0 aliphatic carbocycles. The van der Waals surface area contributed by atoms with Crippen molar-refractivity contribution in [2.75, 3.05) is 27.2 Å². The number of hydrogen-bond acceptors (Lipinski definition) is 3. The van der Waals surface area contributed by atoms with Crippen molar-refractivity contribution in [3.8, 4) is 0 Å². The Kier molecular flexibility index (Phi) is 5.97. The molecular formula is C14H24N2O2S. The predicted molar refractivity (Wildman–Crippen MR) is 78.9 cm³/mol. The van der Waals surface area contributed by atoms with Crippen molar-refractivity contribution in [2.45, 2.75) is 31.6 Å². The van der Waals surface area contributed by atoms with E-state index in [1.807, 2.05) is 40.1 Å². The van der Waals surface area contributed by atoms with Crippen molar-refractivity contribution in [3.05, 3.63) is 29.3 Å². The zero-order valence-electron chi connectivity index (χ0n) is 12.2. The summed E-state index contributed by atoms with van der Waals surface area (Å²) in [6, 6.07) is 5.48. The highest BCUT2D eigenvalue weighted by atomic mass is 32.2. The van der Waals surface area contributed by atoms with Gasteiger partial charge in [0.2, 0.25) is 10.0 Å². The molecule has 0 aliphatic rings. The Morgan fingerprint density at radius 3 is 2.47 bits per heavy atom. The molecule has 1 aromatic carbocycles. The predicted octanol–water partition coefficient (Wildman–Crippen LogP) is 1.92. The van der Waals surface area contributed by atoms with E-state index in [0.717, 1.165) is 30.5 Å². The molecule has 0 aromatic heterocycles. The Morgan fingerprint density at radius 2 is 1.84 bits per heavy atom. The fourth-order valence-electron chi connectivity index (χ4n) is 1.83. The fourth-order valence-corrected chi connectivity index (χ4v) is 3.24. The van der Waals surface area contributed by atoms with Crippen LogP contribution < -0.4 is 4.72 Å². The lowest BCUT2D eigenvalue weighted by atomic mass is 10.2. The normalized spacial score (nSPS) is 12.1. The van der Waals surface area contributed by atoms with E-state index in [0.29, 0.717) is 11.4 Å². The van der Waals surface area contributed by atoms with E-state index in [1.165, 1.54) is 0 Å². The SMILES string of the molecule is Cc1ccc(C)c(S(=O)(=O)NCCCCN(C)C)c1. The molecule has 4 nitrogen and oxygen atoms in total. The van der Waals surface area contributed by atoms with Gasteiger partial charge in [-0.2, -0.15) is 0 Å². The third kappa shape index (κ3) is 5.30. The van der Waals surface area contributed by atoms with E-state index >= 15 is 0 Å². The Balaban J connectivity index is 2.59. The van der Waals surface area contributed by atoms with Crippen LogP contribution in [0.4, 0.5) is 0 Å². The summed E-state index contributed by atoms with van der Waals surface area (Å²) in [6.45, 7) is 5.18. The van der Waals surface area contributed by atoms with Crippen LogP contribution in [0.5, 0.6) is 0 Å². The summed E-state index contributed by atoms with van der Waals surface area (Å²) in [5.74, 6) is 0. The number of nitrogens with zero attached hydrogens (tertiary/aromatic N) is 1. The van der Waals surface area contributed by atoms with Crippen LogP contribution >= 0.6 is 0 Å². The molecule has 0 spiro atoms. The molecule has 108 valence electrons. The molecule has 0 saturated carbocycles. The van der Waals surface area contributed by atoms with Crippen molar-refractivity contribution >= 4 is 10.0 Å². The second kappa shape index (κ2) is 7.03. The topological polar surface area (TPSA) is 49.4 Å². The van der Waals surface area contributed by atoms with Gasteiger partial charge >= 0.3 is 0 Å². The highest BCUT2D eigenvalue weighted by molar-refractivity contribution is 7.89. The lowest BCUT2D eigenvalue weighted by Crippen LogP contribution is -2.26. The van der Waals surface area contributed by atoms with Crippen LogP contribution in [0.15, 0.2) is 23.1 Å². The van der Waals surface area contributed by atoms with Crippen LogP contribution in [-0.4, -0.2) is 40.5 Å². The van der Waals surface area contributed by atoms with Crippen LogP contribution in [0, 0.1) is 13.8 Å². The Labute approximate surface area is 116 Å². The summed E-state index contributed by atoms with van der Waals surface area (Å²) < 4.78 is 27.0. The van der Waals surface area contributed by atoms with Crippen LogP contribution in [0.25, 0.3) is 0 Å². The lowest BCUT2D eigenvalue weighted by molar-refractivity contribution is 0.394. The molecule has 1 aromatic rings. The van der Waals surface area contributed by atoms with Gasteiger partial charge in [-0.3, -0.25) is 0 Å². The quantitative estimate of drug-likeness (QED) is 0.778. The van der Waals surface area contributed by atoms with Gasteiger partial charge in [-0.25, -0.2) is 13.1 Å². The molecule has 1 N–H and O–H groups in total. The number of unbranched alkanes of at least 4 members (excludes halogenated alkanes) is 1. The second-order valence-corrected chi connectivity index (χ2v) is 6.91. The average molecular weight is 284 g/mol. The molecule has 1 rings (SSSR count). The summed E-state index contributed by atoms with van der Waals surface area (Å²) in [7, 11) is 0.651. The van der Waals surface area contributed by atoms with Gasteiger partial charge in [0.25, 0.3) is 0 Å². The van der Waals surface area contributed by atoms with E-state index in [2.05, 4.69) is 9.62 Å². The number of benzene rings is 1. The largest absolute Gasteiger partial charge is 0.309 e. The third-order valence-electron chi connectivity index (χ3n) is 2.96. The van der Waals surface area contributed by atoms with Crippen LogP contribution in [0.2, 0.25) is 0 Å². The summed E-state index contributed by atoms with van der Waals surface area (Å²) in [5, 5.41) is 0. The van der Waals surface area contributed by atoms with E-state index in [4.69, 9.17) is 0 Å². The van der Waals surface area contributed by atoms with Crippen molar-refractivity contribution in [1.29, 1.82) is 0 Å². The first-order chi connectivity index (χ1) is 8.83. The molecule has 0 heterocycles. The molecule has 0 amide bonds. The molecule has 0 bridgehead atoms. The molecule has 0 unspecified atom stereocenters. The summed E-state index contributed by atoms with van der Waals surface area (Å²) in [4.78, 5) is 2.49. The maximum atomic E-state index is 12.2. The van der Waals surface area contributed by atoms with Crippen LogP contribution in [0.1, 0.15) is 24.0 Å². The number of sulfonamides is 1. The Morgan fingerprint density at radius 1 is 1.16 bits per heavy atom. The minimum atomic E-state index is -3.38. The van der Waals surface area contributed by atoms with Gasteiger partial charge in [0.05, 0.1) is 4.90 Å². The molecule has 0 atom stereocenters. The van der Waals surface area contributed by atoms with Gasteiger partial charge < -0.3 is 4.90 Å². The highest BCUT2D eigenvalue weighted by Crippen LogP contribution is 2.16. The van der Waals surface area contributed by atoms with E-state index < -0.39 is 10.0 Å². The van der Waals surface area contributed by atoms with E-state index in [1.54, 1.807) is 6.07 Å². The molecule has 0 fully saturated rings. The molecule has 0 saturated heterocycles. The van der Waals surface area contributed by atoms with Crippen LogP contribution in [-0.2, 0) is 10.0 Å². The first-order valence-electron chi connectivity index (χ1n) is 6.54. The Bertz CT molecular complexity index is 510. The maximum Gasteiger partial charge on any atom is 0.240 e. The van der Waals surface area contributed by atoms with Gasteiger partial charge in [0, 0.05) is 6.54 Å². The number of hydrogen-bond donors (Lipinski definition) is 1. The van der Waals surface area contributed by atoms with Crippen molar-refractivity contribution in [1.82, 2.24) is 9.62 Å². The van der Waals surface area contributed by atoms with Crippen molar-refractivity contribution < 1.29 is 8.42 Å². The monoisotopic (exact) mass is 284 g/mol. The number of nitrogens with one attached hydrogen (secondary N) is 1. The molecule has 19 heavy (non-hydrogen) atoms. The molecule has 0 aliphatic heterocycles. The number of rotatable bonds is 7. The first-order valence-corrected chi connectivity index (χ1v) is 8.03. The maximum absolute atomic E-state index is 12.2. The smallest absolute Gasteiger partial charge is 0.240 e. The van der Waals surface area contributed by atoms with Gasteiger partial charge in [-0.05, 0) is 64.5 Å². The lowest BCUT2D eigenvalue weighted by Gasteiger charge is -2.11. The average Bonchev–Trinajstić information content (AvgIpc) is 2.31. The zero-order valence-corrected chi connectivity index (χ0v) is 13.0. The fraction of sp³-hybridized carbons (Fsp3) is 0.571. The zero-order chi connectivity index (χ0) is 14.5. The van der Waals surface area contributed by atoms with Gasteiger partial charge in [0.15, 0.2) is 0 Å². The Hall–Kier alpha value is -0.910. The highest BCUT2D eigenvalue weighted by Gasteiger charge is 2.15. The van der Waals surface area contributed by atoms with E-state index in [-0.39, 0.29) is 0 Å². The van der Waals surface area contributed by atoms with Crippen molar-refractivity contribution in [2.24, 2.45) is 0 Å². The molecular weight excluding hydrogens is 260 g/mol. The summed E-state index contributed by atoms with van der Waals surface area (Å²) >= 11 is 0. The van der Waals surface area contributed by atoms with Gasteiger partial charge in [-0.1, -0.05) is 12.1 Å². The number of aryl methyl sites for hydroxylation is 2. The third-order valence-corrected chi connectivity index (χ3v) is 4.56. The summed E-state index contributed by atoms with van der Waals surface area (Å²) in [5.41, 5.74) is 1.74. The minimum absolute atomic E-state index is 0.389. The summed E-state index contributed by atoms with van der Waals surface area (Å²) in [6.07, 6.45) is 1.84. The minimum Gasteiger partial charge on any atom is -0.309 e. The second-order valence-electron chi connectivity index (χ2n) is 5.18.